The number of fused-ring (bicyclic) bond motifs is 1. The van der Waals surface area contributed by atoms with E-state index in [2.05, 4.69) is 56.3 Å². The molecule has 0 nitrogen and oxygen atoms in total. The smallest absolute Gasteiger partial charge is 0.0809 e. The van der Waals surface area contributed by atoms with Crippen molar-refractivity contribution in [1.29, 1.82) is 0 Å². The largest absolute Gasteiger partial charge is 1.00 e. The molecule has 0 saturated heterocycles. The van der Waals surface area contributed by atoms with Gasteiger partial charge in [-0.25, -0.2) is 12.1 Å². The van der Waals surface area contributed by atoms with Crippen LogP contribution in [0.5, 0.6) is 0 Å². The van der Waals surface area contributed by atoms with Gasteiger partial charge < -0.3 is 24.8 Å². The number of halogens is 2. The first-order chi connectivity index (χ1) is 9.77. The molecule has 0 amide bonds. The molecular formula is C18H22Cl2SiZr-2. The second-order valence-corrected chi connectivity index (χ2v) is 12.3. The van der Waals surface area contributed by atoms with Crippen molar-refractivity contribution in [2.24, 2.45) is 0 Å². The Morgan fingerprint density at radius 1 is 0.864 bits per heavy atom. The van der Waals surface area contributed by atoms with Crippen LogP contribution in [0.2, 0.25) is 12.1 Å². The van der Waals surface area contributed by atoms with Gasteiger partial charge in [-0.15, -0.1) is 29.7 Å². The Hall–Kier alpha value is -0.140. The molecule has 0 spiro atoms. The molecule has 118 valence electrons. The van der Waals surface area contributed by atoms with Crippen LogP contribution in [0.1, 0.15) is 13.8 Å². The second-order valence-electron chi connectivity index (χ2n) is 4.43. The molecule has 0 aliphatic heterocycles. The number of hydrogen-bond donors (Lipinski definition) is 0. The molecule has 0 unspecified atom stereocenters. The summed E-state index contributed by atoms with van der Waals surface area (Å²) >= 11 is 1.80. The van der Waals surface area contributed by atoms with Gasteiger partial charge >= 0.3 is 54.7 Å². The molecule has 0 aromatic heterocycles. The summed E-state index contributed by atoms with van der Waals surface area (Å²) in [6.07, 6.45) is 0. The molecule has 4 heteroatoms. The molecule has 0 bridgehead atoms. The van der Waals surface area contributed by atoms with Crippen LogP contribution in [0.4, 0.5) is 0 Å². The van der Waals surface area contributed by atoms with Gasteiger partial charge in [0.15, 0.2) is 0 Å². The van der Waals surface area contributed by atoms with Crippen LogP contribution in [0.3, 0.4) is 0 Å². The maximum atomic E-state index is 2.30. The number of hydrogen-bond acceptors (Lipinski definition) is 0. The van der Waals surface area contributed by atoms with E-state index in [-0.39, 0.29) is 30.2 Å². The Kier molecular flexibility index (Phi) is 17.3. The molecular weight excluding hydrogens is 406 g/mol. The van der Waals surface area contributed by atoms with Crippen molar-refractivity contribution in [2.75, 3.05) is 0 Å². The minimum absolute atomic E-state index is 0. The number of rotatable bonds is 2. The fourth-order valence-electron chi connectivity index (χ4n) is 1.64. The topological polar surface area (TPSA) is 0 Å². The van der Waals surface area contributed by atoms with Crippen molar-refractivity contribution >= 4 is 16.2 Å². The SMILES string of the molecule is CC[Si](=[Zr+2])CC.[Cl-].[Cl-].c1cc[cH-]c1.c1ccc2[cH-]ccc2c1. The second kappa shape index (κ2) is 15.7. The quantitative estimate of drug-likeness (QED) is 0.383. The summed E-state index contributed by atoms with van der Waals surface area (Å²) < 4.78 is 0. The van der Waals surface area contributed by atoms with Gasteiger partial charge in [-0.05, 0) is 0 Å². The molecule has 0 saturated carbocycles. The summed E-state index contributed by atoms with van der Waals surface area (Å²) in [5.74, 6) is 0. The predicted octanol–water partition coefficient (Wildman–Crippen LogP) is -0.463. The van der Waals surface area contributed by atoms with E-state index in [0.29, 0.717) is 0 Å². The van der Waals surface area contributed by atoms with E-state index < -0.39 is 0 Å². The third-order valence-electron chi connectivity index (χ3n) is 2.96. The molecule has 22 heavy (non-hydrogen) atoms. The van der Waals surface area contributed by atoms with Crippen LogP contribution in [0.25, 0.3) is 10.8 Å². The fourth-order valence-corrected chi connectivity index (χ4v) is 2.14. The average Bonchev–Trinajstić information content (AvgIpc) is 3.20. The van der Waals surface area contributed by atoms with E-state index in [4.69, 9.17) is 0 Å². The third kappa shape index (κ3) is 10.6. The van der Waals surface area contributed by atoms with Crippen LogP contribution < -0.4 is 24.8 Å². The van der Waals surface area contributed by atoms with Crippen molar-refractivity contribution in [1.82, 2.24) is 0 Å². The third-order valence-corrected chi connectivity index (χ3v) is 9.88. The van der Waals surface area contributed by atoms with Crippen LogP contribution in [0, 0.1) is 0 Å². The summed E-state index contributed by atoms with van der Waals surface area (Å²) in [4.78, 5) is 0. The Bertz CT molecular complexity index is 534. The summed E-state index contributed by atoms with van der Waals surface area (Å²) in [6, 6.07) is 27.6. The molecule has 3 aromatic carbocycles. The van der Waals surface area contributed by atoms with Gasteiger partial charge in [-0.1, -0.05) is 6.07 Å². The summed E-state index contributed by atoms with van der Waals surface area (Å²) in [6.45, 7) is 4.60. The maximum absolute atomic E-state index is 2.30. The van der Waals surface area contributed by atoms with Crippen LogP contribution in [-0.4, -0.2) is 5.43 Å². The summed E-state index contributed by atoms with van der Waals surface area (Å²) in [5.41, 5.74) is 0.222. The average molecular weight is 429 g/mol. The standard InChI is InChI=1S/C9H7.C5H5.C4H10Si.2ClH.Zr/c1-2-5-9-7-3-6-8(9)4-1;1-2-4-5-3-1;1-3-5-4-2;;;/h1-7H;1-5H;3-4H2,1-2H3;2*1H;/q2*-1;;;;+2/p-2. The summed E-state index contributed by atoms with van der Waals surface area (Å²) in [7, 11) is 0. The first kappa shape index (κ1) is 24.1. The molecule has 0 N–H and O–H groups in total. The first-order valence-electron chi connectivity index (χ1n) is 7.11. The van der Waals surface area contributed by atoms with Crippen LogP contribution in [0.15, 0.2) is 72.8 Å². The van der Waals surface area contributed by atoms with Gasteiger partial charge in [0.05, 0.1) is 0 Å². The molecule has 0 atom stereocenters. The molecule has 0 aliphatic carbocycles. The Morgan fingerprint density at radius 3 is 1.86 bits per heavy atom. The zero-order valence-electron chi connectivity index (χ0n) is 13.1. The maximum Gasteiger partial charge on any atom is -0.0809 e. The summed E-state index contributed by atoms with van der Waals surface area (Å²) in [5, 5.41) is 2.66. The molecule has 0 radical (unpaired) electrons. The normalized spacial score (nSPS) is 8.36. The van der Waals surface area contributed by atoms with Crippen molar-refractivity contribution < 1.29 is 48.1 Å². The zero-order valence-corrected chi connectivity index (χ0v) is 18.1. The predicted molar refractivity (Wildman–Crippen MR) is 88.3 cm³/mol. The number of benzene rings is 1. The zero-order chi connectivity index (χ0) is 14.6. The van der Waals surface area contributed by atoms with Gasteiger partial charge in [0.1, 0.15) is 0 Å². The van der Waals surface area contributed by atoms with Crippen LogP contribution in [-0.2, 0) is 23.3 Å². The van der Waals surface area contributed by atoms with Gasteiger partial charge in [-0.3, -0.25) is 0 Å². The van der Waals surface area contributed by atoms with Gasteiger partial charge in [0, 0.05) is 0 Å². The van der Waals surface area contributed by atoms with Crippen molar-refractivity contribution in [2.45, 2.75) is 25.9 Å². The molecule has 0 heterocycles. The van der Waals surface area contributed by atoms with Crippen molar-refractivity contribution in [3.8, 4) is 0 Å². The van der Waals surface area contributed by atoms with E-state index in [9.17, 15) is 0 Å². The fraction of sp³-hybridized carbons (Fsp3) is 0.222. The van der Waals surface area contributed by atoms with Gasteiger partial charge in [-0.2, -0.15) is 35.7 Å². The Labute approximate surface area is 162 Å². The molecule has 3 aromatic rings. The van der Waals surface area contributed by atoms with Gasteiger partial charge in [0.25, 0.3) is 0 Å². The van der Waals surface area contributed by atoms with E-state index >= 15 is 0 Å². The van der Waals surface area contributed by atoms with E-state index in [1.807, 2.05) is 30.3 Å². The van der Waals surface area contributed by atoms with E-state index in [1.54, 1.807) is 23.3 Å². The van der Waals surface area contributed by atoms with Crippen molar-refractivity contribution in [3.05, 3.63) is 72.8 Å². The van der Waals surface area contributed by atoms with Gasteiger partial charge in [0.2, 0.25) is 0 Å². The first-order valence-corrected chi connectivity index (χ1v) is 12.7. The molecule has 3 rings (SSSR count). The Balaban J connectivity index is 0. The Morgan fingerprint density at radius 2 is 1.45 bits per heavy atom. The molecule has 0 aliphatic rings. The minimum Gasteiger partial charge on any atom is -1.00 e. The van der Waals surface area contributed by atoms with E-state index in [1.165, 1.54) is 22.9 Å². The van der Waals surface area contributed by atoms with E-state index in [0.717, 1.165) is 0 Å². The van der Waals surface area contributed by atoms with Crippen molar-refractivity contribution in [3.63, 3.8) is 0 Å². The molecule has 0 fully saturated rings. The minimum atomic E-state index is 0. The monoisotopic (exact) mass is 426 g/mol. The van der Waals surface area contributed by atoms with Crippen LogP contribution >= 0.6 is 0 Å².